The summed E-state index contributed by atoms with van der Waals surface area (Å²) < 4.78 is 0. The molecule has 4 nitrogen and oxygen atoms in total. The molecule has 0 amide bonds. The first-order valence-electron chi connectivity index (χ1n) is 13.4. The molecule has 0 radical (unpaired) electrons. The summed E-state index contributed by atoms with van der Waals surface area (Å²) in [7, 11) is -1.07. The van der Waals surface area contributed by atoms with Crippen LogP contribution in [0.4, 0.5) is 0 Å². The van der Waals surface area contributed by atoms with E-state index < -0.39 is 31.5 Å². The second-order valence-electron chi connectivity index (χ2n) is 8.88. The van der Waals surface area contributed by atoms with Gasteiger partial charge < -0.3 is 55.5 Å². The van der Waals surface area contributed by atoms with Crippen molar-refractivity contribution < 1.29 is 78.0 Å². The van der Waals surface area contributed by atoms with Gasteiger partial charge in [-0.05, 0) is 48.7 Å². The van der Waals surface area contributed by atoms with E-state index in [0.717, 1.165) is 74.4 Å². The Morgan fingerprint density at radius 3 is 0.730 bits per heavy atom. The fraction of sp³-hybridized carbons (Fsp3) is 1.00. The van der Waals surface area contributed by atoms with Crippen molar-refractivity contribution in [3.8, 4) is 0 Å². The van der Waals surface area contributed by atoms with E-state index in [-0.39, 0.29) is 58.4 Å². The zero-order valence-corrected chi connectivity index (χ0v) is 38.4. The minimum Gasteiger partial charge on any atom is -0.854 e. The molecule has 0 bridgehead atoms. The van der Waals surface area contributed by atoms with Crippen molar-refractivity contribution in [1.29, 1.82) is 0 Å². The van der Waals surface area contributed by atoms with Crippen LogP contribution in [0.15, 0.2) is 0 Å². The van der Waals surface area contributed by atoms with Crippen LogP contribution in [0, 0.1) is 0 Å². The van der Waals surface area contributed by atoms with E-state index in [1.54, 1.807) is 0 Å². The van der Waals surface area contributed by atoms with Gasteiger partial charge in [0.25, 0.3) is 0 Å². The Kier molecular flexibility index (Phi) is 47.1. The van der Waals surface area contributed by atoms with Gasteiger partial charge in [0.1, 0.15) is 0 Å². The molecule has 0 aliphatic heterocycles. The van der Waals surface area contributed by atoms with E-state index in [0.29, 0.717) is 0 Å². The summed E-state index contributed by atoms with van der Waals surface area (Å²) in [5, 5.41) is 0. The second-order valence-corrected chi connectivity index (χ2v) is 24.4. The third-order valence-electron chi connectivity index (χ3n) is 5.57. The standard InChI is InChI=1S/2C12H26O2PS2.3Zn/c2*1-3-5-7-9-11-17(15(13,14)16)12-10-8-6-4-2;;;/h2*3-12H2,1-2H3;;;/q2*-3;3*+2. The van der Waals surface area contributed by atoms with Gasteiger partial charge in [-0.15, -0.1) is 0 Å². The quantitative estimate of drug-likeness (QED) is 0.0710. The smallest absolute Gasteiger partial charge is 0.854 e. The number of rotatable bonds is 20. The average Bonchev–Trinajstić information content (AvgIpc) is 2.75. The van der Waals surface area contributed by atoms with Crippen LogP contribution >= 0.6 is 11.4 Å². The van der Waals surface area contributed by atoms with Crippen LogP contribution < -0.4 is 19.6 Å². The maximum atomic E-state index is 11.5. The van der Waals surface area contributed by atoms with Crippen molar-refractivity contribution in [2.24, 2.45) is 0 Å². The Hall–Kier alpha value is 3.97. The summed E-state index contributed by atoms with van der Waals surface area (Å²) in [4.78, 5) is 46.1. The van der Waals surface area contributed by atoms with Crippen LogP contribution in [-0.2, 0) is 103 Å². The van der Waals surface area contributed by atoms with Gasteiger partial charge in [0.05, 0.1) is 0 Å². The van der Waals surface area contributed by atoms with E-state index >= 15 is 0 Å². The van der Waals surface area contributed by atoms with Crippen molar-refractivity contribution in [1.82, 2.24) is 0 Å². The summed E-state index contributed by atoms with van der Waals surface area (Å²) in [5.41, 5.74) is -7.02. The monoisotopic (exact) mass is 786 g/mol. The van der Waals surface area contributed by atoms with Crippen LogP contribution in [0.3, 0.4) is 0 Å². The molecule has 0 aliphatic rings. The van der Waals surface area contributed by atoms with Gasteiger partial charge in [-0.25, -0.2) is 20.1 Å². The van der Waals surface area contributed by atoms with Gasteiger partial charge in [0.15, 0.2) is 0 Å². The molecular weight excluding hydrogens is 739 g/mol. The van der Waals surface area contributed by atoms with Crippen molar-refractivity contribution in [3.05, 3.63) is 0 Å². The molecule has 0 saturated heterocycles. The van der Waals surface area contributed by atoms with Crippen LogP contribution in [0.5, 0.6) is 0 Å². The van der Waals surface area contributed by atoms with Crippen molar-refractivity contribution in [3.63, 3.8) is 0 Å². The number of unbranched alkanes of at least 4 members (excludes halogenated alkanes) is 12. The van der Waals surface area contributed by atoms with Crippen molar-refractivity contribution in [2.45, 2.75) is 130 Å². The van der Waals surface area contributed by atoms with Crippen LogP contribution in [0.1, 0.15) is 130 Å². The van der Waals surface area contributed by atoms with E-state index in [1.807, 2.05) is 0 Å². The third kappa shape index (κ3) is 36.1. The summed E-state index contributed by atoms with van der Waals surface area (Å²) in [6.07, 6.45) is 18.2. The maximum Gasteiger partial charge on any atom is 2.00 e. The predicted molar refractivity (Wildman–Crippen MR) is 159 cm³/mol. The average molecular weight is 791 g/mol. The first-order chi connectivity index (χ1) is 16.0. The van der Waals surface area contributed by atoms with E-state index in [9.17, 15) is 19.6 Å². The largest absolute Gasteiger partial charge is 2.00 e. The molecule has 212 valence electrons. The summed E-state index contributed by atoms with van der Waals surface area (Å²) >= 11 is 9.35. The molecule has 0 N–H and O–H groups in total. The van der Waals surface area contributed by atoms with Gasteiger partial charge in [0, 0.05) is 0 Å². The number of hydrogen-bond donors (Lipinski definition) is 0. The Morgan fingerprint density at radius 1 is 0.405 bits per heavy atom. The first kappa shape index (κ1) is 50.6. The molecule has 0 aromatic rings. The molecule has 0 saturated carbocycles. The molecule has 0 aromatic heterocycles. The summed E-state index contributed by atoms with van der Waals surface area (Å²) in [6.45, 7) is 8.65. The van der Waals surface area contributed by atoms with E-state index in [2.05, 4.69) is 52.2 Å². The van der Waals surface area contributed by atoms with Gasteiger partial charge in [0.2, 0.25) is 0 Å². The van der Waals surface area contributed by atoms with Gasteiger partial charge in [-0.3, -0.25) is 0 Å². The molecule has 13 heteroatoms. The molecular formula is C24H52O4P2S4Zn3. The molecule has 0 unspecified atom stereocenters. The van der Waals surface area contributed by atoms with Gasteiger partial charge in [-0.2, -0.15) is 0 Å². The van der Waals surface area contributed by atoms with Crippen LogP contribution in [0.2, 0.25) is 0 Å². The van der Waals surface area contributed by atoms with Gasteiger partial charge >= 0.3 is 58.4 Å². The minimum atomic E-state index is -3.51. The zero-order chi connectivity index (χ0) is 26.3. The topological polar surface area (TPSA) is 92.2 Å². The summed E-state index contributed by atoms with van der Waals surface area (Å²) in [5.74, 6) is 3.21. The first-order valence-corrected chi connectivity index (χ1v) is 23.1. The van der Waals surface area contributed by atoms with Crippen molar-refractivity contribution in [2.75, 3.05) is 23.0 Å². The molecule has 0 heterocycles. The molecule has 0 rings (SSSR count). The summed E-state index contributed by atoms with van der Waals surface area (Å²) in [6, 6.07) is 0. The number of hydrogen-bond acceptors (Lipinski definition) is 6. The fourth-order valence-corrected chi connectivity index (χ4v) is 13.8. The molecule has 0 fully saturated rings. The molecule has 0 atom stereocenters. The molecule has 0 aliphatic carbocycles. The Bertz CT molecular complexity index is 498. The minimum absolute atomic E-state index is 0. The predicted octanol–water partition coefficient (Wildman–Crippen LogP) is 5.41. The SMILES string of the molecule is CCCCCCS(CCCCCC)=P([O-])([O-])[S-].CCCCCCS(CCCCCC)=P([O-])([O-])[S-].[Zn+2].[Zn+2].[Zn+2]. The van der Waals surface area contributed by atoms with Crippen LogP contribution in [-0.4, -0.2) is 23.0 Å². The zero-order valence-electron chi connectivity index (χ0n) is 24.4. The van der Waals surface area contributed by atoms with Crippen molar-refractivity contribution >= 4 is 56.0 Å². The second kappa shape index (κ2) is 34.5. The molecule has 0 spiro atoms. The Morgan fingerprint density at radius 2 is 0.595 bits per heavy atom. The normalized spacial score (nSPS) is 11.4. The molecule has 37 heavy (non-hydrogen) atoms. The maximum absolute atomic E-state index is 11.5. The van der Waals surface area contributed by atoms with E-state index in [4.69, 9.17) is 0 Å². The Balaban J connectivity index is -0.000000171. The van der Waals surface area contributed by atoms with E-state index in [1.165, 1.54) is 51.4 Å². The van der Waals surface area contributed by atoms with Crippen LogP contribution in [0.25, 0.3) is 0 Å². The van der Waals surface area contributed by atoms with Gasteiger partial charge in [-0.1, -0.05) is 105 Å². The molecule has 0 aromatic carbocycles. The third-order valence-corrected chi connectivity index (χ3v) is 19.7. The fourth-order valence-electron chi connectivity index (χ4n) is 3.43. The Labute approximate surface area is 284 Å².